The lowest BCUT2D eigenvalue weighted by Crippen LogP contribution is -2.45. The predicted molar refractivity (Wildman–Crippen MR) is 129 cm³/mol. The number of nitrogens with one attached hydrogen (secondary N) is 2. The fraction of sp³-hybridized carbons (Fsp3) is 0.750. The van der Waals surface area contributed by atoms with Gasteiger partial charge in [-0.15, -0.1) is 0 Å². The highest BCUT2D eigenvalue weighted by molar-refractivity contribution is 7.90. The second-order valence-corrected chi connectivity index (χ2v) is 11.7. The van der Waals surface area contributed by atoms with Crippen LogP contribution in [0.4, 0.5) is 11.4 Å². The van der Waals surface area contributed by atoms with E-state index in [4.69, 9.17) is 4.74 Å². The fourth-order valence-corrected chi connectivity index (χ4v) is 6.31. The molecule has 1 unspecified atom stereocenters. The maximum absolute atomic E-state index is 12.4. The molecule has 1 saturated heterocycles. The Morgan fingerprint density at radius 2 is 1.68 bits per heavy atom. The third-order valence-electron chi connectivity index (χ3n) is 6.65. The summed E-state index contributed by atoms with van der Waals surface area (Å²) in [7, 11) is -3.19. The first kappa shape index (κ1) is 24.3. The van der Waals surface area contributed by atoms with Crippen molar-refractivity contribution in [3.63, 3.8) is 0 Å². The maximum Gasteiger partial charge on any atom is 0.214 e. The summed E-state index contributed by atoms with van der Waals surface area (Å²) in [5, 5.41) is 3.28. The molecule has 1 aromatic carbocycles. The molecule has 1 heterocycles. The molecule has 31 heavy (non-hydrogen) atoms. The van der Waals surface area contributed by atoms with E-state index in [1.165, 1.54) is 5.69 Å². The van der Waals surface area contributed by atoms with Crippen molar-refractivity contribution in [3.8, 4) is 0 Å². The summed E-state index contributed by atoms with van der Waals surface area (Å²) < 4.78 is 33.6. The third-order valence-corrected chi connectivity index (χ3v) is 8.61. The van der Waals surface area contributed by atoms with Gasteiger partial charge in [0.05, 0.1) is 17.5 Å². The number of sulfonamides is 1. The van der Waals surface area contributed by atoms with Crippen LogP contribution in [0.5, 0.6) is 0 Å². The van der Waals surface area contributed by atoms with Gasteiger partial charge in [0.15, 0.2) is 0 Å². The van der Waals surface area contributed by atoms with Crippen LogP contribution in [0.25, 0.3) is 0 Å². The molecule has 176 valence electrons. The van der Waals surface area contributed by atoms with Gasteiger partial charge in [0.1, 0.15) is 0 Å². The molecule has 1 aliphatic carbocycles. The van der Waals surface area contributed by atoms with E-state index in [0.717, 1.165) is 63.8 Å². The van der Waals surface area contributed by atoms with Gasteiger partial charge in [-0.3, -0.25) is 0 Å². The van der Waals surface area contributed by atoms with E-state index >= 15 is 0 Å². The van der Waals surface area contributed by atoms with Gasteiger partial charge < -0.3 is 15.0 Å². The van der Waals surface area contributed by atoms with Gasteiger partial charge in [0.25, 0.3) is 0 Å². The molecule has 0 radical (unpaired) electrons. The summed E-state index contributed by atoms with van der Waals surface area (Å²) in [5.74, 6) is 0.592. The topological polar surface area (TPSA) is 70.7 Å². The van der Waals surface area contributed by atoms with Crippen molar-refractivity contribution in [2.75, 3.05) is 29.9 Å². The van der Waals surface area contributed by atoms with Gasteiger partial charge in [0, 0.05) is 37.1 Å². The number of rotatable bonds is 9. The Bertz CT molecular complexity index is 766. The molecule has 1 saturated carbocycles. The first-order valence-electron chi connectivity index (χ1n) is 12.0. The Kier molecular flexibility index (Phi) is 8.65. The quantitative estimate of drug-likeness (QED) is 0.583. The zero-order valence-electron chi connectivity index (χ0n) is 19.6. The maximum atomic E-state index is 12.4. The summed E-state index contributed by atoms with van der Waals surface area (Å²) in [6.07, 6.45) is 6.11. The molecule has 1 aromatic rings. The van der Waals surface area contributed by atoms with E-state index in [9.17, 15) is 8.42 Å². The van der Waals surface area contributed by atoms with Crippen LogP contribution >= 0.6 is 0 Å². The summed E-state index contributed by atoms with van der Waals surface area (Å²) in [6, 6.07) is 8.80. The van der Waals surface area contributed by atoms with Crippen LogP contribution in [0, 0.1) is 5.92 Å². The van der Waals surface area contributed by atoms with Gasteiger partial charge in [0.2, 0.25) is 10.0 Å². The van der Waals surface area contributed by atoms with E-state index in [0.29, 0.717) is 5.92 Å². The van der Waals surface area contributed by atoms with Gasteiger partial charge >= 0.3 is 0 Å². The molecule has 1 aliphatic heterocycles. The SMILES string of the molecule is CCCC(C)S(=O)(=O)N[C@H]1CC[C@H](CNc2ccc(N3C[C@@H](C)O[C@@H](C)C3)cc2)CC1. The summed E-state index contributed by atoms with van der Waals surface area (Å²) in [5.41, 5.74) is 2.40. The van der Waals surface area contributed by atoms with E-state index in [1.54, 1.807) is 0 Å². The highest BCUT2D eigenvalue weighted by Crippen LogP contribution is 2.27. The molecule has 3 rings (SSSR count). The predicted octanol–water partition coefficient (Wildman–Crippen LogP) is 4.38. The van der Waals surface area contributed by atoms with Crippen molar-refractivity contribution in [2.24, 2.45) is 5.92 Å². The zero-order valence-corrected chi connectivity index (χ0v) is 20.5. The number of benzene rings is 1. The fourth-order valence-electron chi connectivity index (χ4n) is 4.84. The lowest BCUT2D eigenvalue weighted by atomic mass is 9.86. The number of hydrogen-bond acceptors (Lipinski definition) is 5. The van der Waals surface area contributed by atoms with E-state index < -0.39 is 10.0 Å². The highest BCUT2D eigenvalue weighted by atomic mass is 32.2. The molecule has 0 spiro atoms. The Morgan fingerprint density at radius 3 is 2.26 bits per heavy atom. The van der Waals surface area contributed by atoms with Crippen molar-refractivity contribution in [2.45, 2.75) is 89.7 Å². The highest BCUT2D eigenvalue weighted by Gasteiger charge is 2.27. The van der Waals surface area contributed by atoms with E-state index in [2.05, 4.69) is 53.1 Å². The Balaban J connectivity index is 1.41. The molecule has 0 aromatic heterocycles. The molecular weight excluding hydrogens is 410 g/mol. The smallest absolute Gasteiger partial charge is 0.214 e. The van der Waals surface area contributed by atoms with Crippen LogP contribution in [0.1, 0.15) is 66.2 Å². The minimum absolute atomic E-state index is 0.0955. The monoisotopic (exact) mass is 451 g/mol. The van der Waals surface area contributed by atoms with Crippen LogP contribution in [0.2, 0.25) is 0 Å². The zero-order chi connectivity index (χ0) is 22.4. The molecule has 2 N–H and O–H groups in total. The Hall–Kier alpha value is -1.31. The number of ether oxygens (including phenoxy) is 1. The minimum Gasteiger partial charge on any atom is -0.385 e. The molecule has 0 amide bonds. The lowest BCUT2D eigenvalue weighted by Gasteiger charge is -2.37. The minimum atomic E-state index is -3.19. The van der Waals surface area contributed by atoms with E-state index in [-0.39, 0.29) is 23.5 Å². The van der Waals surface area contributed by atoms with Crippen molar-refractivity contribution in [3.05, 3.63) is 24.3 Å². The van der Waals surface area contributed by atoms with Gasteiger partial charge in [-0.05, 0) is 83.1 Å². The van der Waals surface area contributed by atoms with Crippen molar-refractivity contribution in [1.82, 2.24) is 4.72 Å². The third kappa shape index (κ3) is 7.09. The second kappa shape index (κ2) is 11.0. The second-order valence-electron chi connectivity index (χ2n) is 9.57. The number of morpholine rings is 1. The molecule has 6 nitrogen and oxygen atoms in total. The first-order chi connectivity index (χ1) is 14.8. The van der Waals surface area contributed by atoms with Crippen LogP contribution < -0.4 is 14.9 Å². The molecular formula is C24H41N3O3S. The first-order valence-corrected chi connectivity index (χ1v) is 13.6. The van der Waals surface area contributed by atoms with Gasteiger partial charge in [-0.1, -0.05) is 13.3 Å². The largest absolute Gasteiger partial charge is 0.385 e. The van der Waals surface area contributed by atoms with Crippen molar-refractivity contribution >= 4 is 21.4 Å². The molecule has 0 bridgehead atoms. The standard InChI is InChI=1S/C24H41N3O3S/c1-5-6-20(4)31(28,29)26-23-9-7-21(8-10-23)15-25-22-11-13-24(14-12-22)27-16-18(2)30-19(3)17-27/h11-14,18-21,23,25-26H,5-10,15-17H2,1-4H3/t18-,19+,20?,21-,23-. The van der Waals surface area contributed by atoms with Crippen LogP contribution in [0.3, 0.4) is 0 Å². The van der Waals surface area contributed by atoms with E-state index in [1.807, 2.05) is 13.8 Å². The molecule has 3 atom stereocenters. The van der Waals surface area contributed by atoms with Crippen molar-refractivity contribution < 1.29 is 13.2 Å². The van der Waals surface area contributed by atoms with Crippen LogP contribution in [-0.2, 0) is 14.8 Å². The van der Waals surface area contributed by atoms with Crippen LogP contribution in [-0.4, -0.2) is 51.6 Å². The molecule has 2 fully saturated rings. The molecule has 7 heteroatoms. The van der Waals surface area contributed by atoms with Gasteiger partial charge in [-0.2, -0.15) is 0 Å². The summed E-state index contributed by atoms with van der Waals surface area (Å²) in [4.78, 5) is 2.40. The Morgan fingerprint density at radius 1 is 1.06 bits per heavy atom. The van der Waals surface area contributed by atoms with Crippen LogP contribution in [0.15, 0.2) is 24.3 Å². The number of nitrogens with zero attached hydrogens (tertiary/aromatic N) is 1. The molecule has 2 aliphatic rings. The summed E-state index contributed by atoms with van der Waals surface area (Å²) >= 11 is 0. The van der Waals surface area contributed by atoms with Crippen molar-refractivity contribution in [1.29, 1.82) is 0 Å². The normalized spacial score (nSPS) is 28.3. The number of hydrogen-bond donors (Lipinski definition) is 2. The average Bonchev–Trinajstić information content (AvgIpc) is 2.73. The average molecular weight is 452 g/mol. The summed E-state index contributed by atoms with van der Waals surface area (Å²) in [6.45, 7) is 10.9. The van der Waals surface area contributed by atoms with Gasteiger partial charge in [-0.25, -0.2) is 13.1 Å². The Labute approximate surface area is 189 Å². The number of anilines is 2. The lowest BCUT2D eigenvalue weighted by molar-refractivity contribution is -0.00521.